The molecule has 0 saturated heterocycles. The second-order valence-corrected chi connectivity index (χ2v) is 6.02. The van der Waals surface area contributed by atoms with Crippen molar-refractivity contribution in [2.75, 3.05) is 0 Å². The molecule has 0 N–H and O–H groups in total. The van der Waals surface area contributed by atoms with Crippen molar-refractivity contribution < 1.29 is 16.3 Å². The van der Waals surface area contributed by atoms with Crippen molar-refractivity contribution in [2.45, 2.75) is 48.5 Å². The number of rotatable bonds is 2. The Labute approximate surface area is 115 Å². The molecule has 0 nitrogen and oxygen atoms in total. The van der Waals surface area contributed by atoms with Gasteiger partial charge in [0.05, 0.1) is 0 Å². The Kier molecular flexibility index (Phi) is 4.29. The van der Waals surface area contributed by atoms with Crippen molar-refractivity contribution >= 4 is 0 Å². The van der Waals surface area contributed by atoms with Gasteiger partial charge < -0.3 is 0 Å². The van der Waals surface area contributed by atoms with Gasteiger partial charge in [0.25, 0.3) is 0 Å². The third kappa shape index (κ3) is 2.37. The molecule has 0 aromatic carbocycles. The molecule has 0 aromatic rings. The van der Waals surface area contributed by atoms with Gasteiger partial charge in [0.1, 0.15) is 0 Å². The van der Waals surface area contributed by atoms with Crippen molar-refractivity contribution in [1.29, 1.82) is 0 Å². The summed E-state index contributed by atoms with van der Waals surface area (Å²) >= 11 is 3.27. The minimum atomic E-state index is 0.150. The fourth-order valence-corrected chi connectivity index (χ4v) is 3.31. The molecule has 0 radical (unpaired) electrons. The van der Waals surface area contributed by atoms with E-state index in [1.165, 1.54) is 32.3 Å². The van der Waals surface area contributed by atoms with Gasteiger partial charge >= 0.3 is 115 Å². The molecule has 0 fully saturated rings. The monoisotopic (exact) mass is 267 g/mol. The van der Waals surface area contributed by atoms with E-state index in [2.05, 4.69) is 76.9 Å². The molecule has 1 rings (SSSR count). The second-order valence-electron chi connectivity index (χ2n) is 5.39. The maximum absolute atomic E-state index is 3.27. The standard InChI is InChI=1S/C16H23.Cr/c1-8-9-11(2)10-15-13(4)12(3)14(5)16(15,6)7;/h8-9H,1-7H3;. The Balaban J connectivity index is 3.41. The first-order valence-corrected chi connectivity index (χ1v) is 6.79. The van der Waals surface area contributed by atoms with Gasteiger partial charge in [-0.05, 0) is 0 Å². The summed E-state index contributed by atoms with van der Waals surface area (Å²) in [6, 6.07) is 0. The van der Waals surface area contributed by atoms with E-state index >= 15 is 0 Å². The van der Waals surface area contributed by atoms with Crippen LogP contribution in [0.15, 0.2) is 44.5 Å². The van der Waals surface area contributed by atoms with Gasteiger partial charge in [-0.2, -0.15) is 0 Å². The van der Waals surface area contributed by atoms with Gasteiger partial charge in [-0.15, -0.1) is 0 Å². The van der Waals surface area contributed by atoms with Crippen LogP contribution >= 0.6 is 0 Å². The van der Waals surface area contributed by atoms with E-state index in [4.69, 9.17) is 0 Å². The Hall–Kier alpha value is -0.508. The predicted molar refractivity (Wildman–Crippen MR) is 72.4 cm³/mol. The van der Waals surface area contributed by atoms with Gasteiger partial charge in [0, 0.05) is 0 Å². The molecule has 17 heavy (non-hydrogen) atoms. The Morgan fingerprint density at radius 3 is 2.00 bits per heavy atom. The van der Waals surface area contributed by atoms with Crippen LogP contribution < -0.4 is 0 Å². The topological polar surface area (TPSA) is 0 Å². The molecule has 0 atom stereocenters. The van der Waals surface area contributed by atoms with Crippen molar-refractivity contribution in [2.24, 2.45) is 5.41 Å². The molecule has 0 saturated carbocycles. The van der Waals surface area contributed by atoms with Gasteiger partial charge in [0.15, 0.2) is 0 Å². The minimum absolute atomic E-state index is 0.150. The van der Waals surface area contributed by atoms with Gasteiger partial charge in [0.2, 0.25) is 0 Å². The molecule has 0 aliphatic heterocycles. The van der Waals surface area contributed by atoms with Crippen molar-refractivity contribution in [3.05, 3.63) is 44.5 Å². The summed E-state index contributed by atoms with van der Waals surface area (Å²) in [4.78, 5) is 0. The van der Waals surface area contributed by atoms with Gasteiger partial charge in [-0.25, -0.2) is 0 Å². The van der Waals surface area contributed by atoms with Crippen molar-refractivity contribution in [3.8, 4) is 0 Å². The molecule has 0 spiro atoms. The van der Waals surface area contributed by atoms with E-state index in [0.717, 1.165) is 0 Å². The molecule has 0 heterocycles. The fourth-order valence-electron chi connectivity index (χ4n) is 2.57. The molecular weight excluding hydrogens is 244 g/mol. The second kappa shape index (κ2) is 5.01. The van der Waals surface area contributed by atoms with E-state index in [-0.39, 0.29) is 5.41 Å². The summed E-state index contributed by atoms with van der Waals surface area (Å²) < 4.78 is 1.31. The van der Waals surface area contributed by atoms with Crippen molar-refractivity contribution in [3.63, 3.8) is 0 Å². The Morgan fingerprint density at radius 1 is 1.12 bits per heavy atom. The van der Waals surface area contributed by atoms with E-state index in [9.17, 15) is 0 Å². The fraction of sp³-hybridized carbons (Fsp3) is 0.500. The van der Waals surface area contributed by atoms with Crippen LogP contribution in [0, 0.1) is 5.41 Å². The quantitative estimate of drug-likeness (QED) is 0.612. The first-order valence-electron chi connectivity index (χ1n) is 6.15. The van der Waals surface area contributed by atoms with E-state index in [0.29, 0.717) is 0 Å². The zero-order chi connectivity index (χ0) is 13.4. The zero-order valence-corrected chi connectivity index (χ0v) is 13.3. The van der Waals surface area contributed by atoms with E-state index < -0.39 is 0 Å². The van der Waals surface area contributed by atoms with Crippen LogP contribution in [0.1, 0.15) is 48.5 Å². The average molecular weight is 267 g/mol. The first-order chi connectivity index (χ1) is 7.75. The first kappa shape index (κ1) is 14.6. The molecule has 1 aliphatic rings. The summed E-state index contributed by atoms with van der Waals surface area (Å²) in [5, 5.41) is 0. The third-order valence-corrected chi connectivity index (χ3v) is 4.89. The summed E-state index contributed by atoms with van der Waals surface area (Å²) in [5.74, 6) is 0. The molecular formula is C16H23Cr. The van der Waals surface area contributed by atoms with E-state index in [1.54, 1.807) is 0 Å². The van der Waals surface area contributed by atoms with Crippen LogP contribution in [0.2, 0.25) is 0 Å². The third-order valence-electron chi connectivity index (χ3n) is 4.06. The number of hydrogen-bond donors (Lipinski definition) is 0. The summed E-state index contributed by atoms with van der Waals surface area (Å²) in [5.41, 5.74) is 7.31. The Bertz CT molecular complexity index is 454. The van der Waals surface area contributed by atoms with Crippen LogP contribution in [0.3, 0.4) is 0 Å². The molecule has 0 unspecified atom stereocenters. The SMILES string of the molecule is CC=CC(C)=[C]([Cr])C1=C(C)C(C)=C(C)C1(C)C. The molecule has 93 valence electrons. The molecule has 0 aromatic heterocycles. The average Bonchev–Trinajstić information content (AvgIpc) is 2.40. The van der Waals surface area contributed by atoms with E-state index in [1.807, 2.05) is 0 Å². The van der Waals surface area contributed by atoms with Crippen LogP contribution in [0.25, 0.3) is 0 Å². The normalized spacial score (nSPS) is 21.6. The molecule has 0 bridgehead atoms. The summed E-state index contributed by atoms with van der Waals surface area (Å²) in [7, 11) is 0. The molecule has 1 heteroatoms. The van der Waals surface area contributed by atoms with Gasteiger partial charge in [-0.1, -0.05) is 0 Å². The number of hydrogen-bond acceptors (Lipinski definition) is 0. The zero-order valence-electron chi connectivity index (χ0n) is 12.1. The van der Waals surface area contributed by atoms with Gasteiger partial charge in [-0.3, -0.25) is 0 Å². The molecule has 0 amide bonds. The van der Waals surface area contributed by atoms with Crippen LogP contribution in [-0.4, -0.2) is 0 Å². The van der Waals surface area contributed by atoms with Crippen LogP contribution in [0.5, 0.6) is 0 Å². The summed E-state index contributed by atoms with van der Waals surface area (Å²) in [6.07, 6.45) is 4.27. The Morgan fingerprint density at radius 2 is 1.65 bits per heavy atom. The predicted octanol–water partition coefficient (Wildman–Crippen LogP) is 5.08. The maximum atomic E-state index is 3.27. The molecule has 1 aliphatic carbocycles. The number of allylic oxidation sites excluding steroid dienone is 8. The van der Waals surface area contributed by atoms with Crippen molar-refractivity contribution in [1.82, 2.24) is 0 Å². The summed E-state index contributed by atoms with van der Waals surface area (Å²) in [6.45, 7) is 15.6. The van der Waals surface area contributed by atoms with Crippen LogP contribution in [-0.2, 0) is 16.3 Å². The van der Waals surface area contributed by atoms with Crippen LogP contribution in [0.4, 0.5) is 0 Å².